The number of carbonyl (C=O) groups is 2. The summed E-state index contributed by atoms with van der Waals surface area (Å²) >= 11 is 0. The van der Waals surface area contributed by atoms with Crippen molar-refractivity contribution in [3.8, 4) is 0 Å². The minimum Gasteiger partial charge on any atom is -0.462 e. The minimum absolute atomic E-state index is 0.0780. The standard InChI is InChI=1S/C53H94O5/c1-4-7-10-13-16-18-20-22-24-26-28-30-32-34-36-39-42-45-48-56-49-51(58-53(55)47-44-41-37-15-12-9-6-3)50-57-52(54)46-43-40-38-35-33-31-29-27-25-23-21-19-17-14-11-8-5-2/h8,11,16-19,22-25,51H,4-7,9-10,12-15,20-21,26-50H2,1-3H3/b11-8-,18-16-,19-17-,24-22-,25-23-. The van der Waals surface area contributed by atoms with Gasteiger partial charge in [-0.1, -0.05) is 204 Å². The Hall–Kier alpha value is -2.40. The summed E-state index contributed by atoms with van der Waals surface area (Å²) in [6.07, 6.45) is 60.9. The first-order valence-corrected chi connectivity index (χ1v) is 24.8. The van der Waals surface area contributed by atoms with Crippen molar-refractivity contribution in [2.24, 2.45) is 0 Å². The molecule has 5 heteroatoms. The number of esters is 2. The van der Waals surface area contributed by atoms with Crippen molar-refractivity contribution in [1.29, 1.82) is 0 Å². The van der Waals surface area contributed by atoms with Crippen LogP contribution in [0, 0.1) is 0 Å². The van der Waals surface area contributed by atoms with Gasteiger partial charge in [0.15, 0.2) is 6.10 Å². The fourth-order valence-corrected chi connectivity index (χ4v) is 6.85. The van der Waals surface area contributed by atoms with E-state index in [4.69, 9.17) is 14.2 Å². The Balaban J connectivity index is 4.14. The average Bonchev–Trinajstić information content (AvgIpc) is 3.22. The highest BCUT2D eigenvalue weighted by Gasteiger charge is 2.17. The zero-order valence-corrected chi connectivity index (χ0v) is 38.6. The van der Waals surface area contributed by atoms with Crippen molar-refractivity contribution in [2.45, 2.75) is 245 Å². The van der Waals surface area contributed by atoms with Crippen molar-refractivity contribution < 1.29 is 23.8 Å². The van der Waals surface area contributed by atoms with E-state index >= 15 is 0 Å². The van der Waals surface area contributed by atoms with E-state index in [2.05, 4.69) is 81.5 Å². The lowest BCUT2D eigenvalue weighted by atomic mass is 10.1. The first-order chi connectivity index (χ1) is 28.6. The summed E-state index contributed by atoms with van der Waals surface area (Å²) < 4.78 is 17.3. The van der Waals surface area contributed by atoms with E-state index in [1.54, 1.807) is 0 Å². The van der Waals surface area contributed by atoms with Gasteiger partial charge in [-0.25, -0.2) is 0 Å². The molecule has 1 atom stereocenters. The van der Waals surface area contributed by atoms with Crippen LogP contribution in [0.4, 0.5) is 0 Å². The number of rotatable bonds is 45. The van der Waals surface area contributed by atoms with Gasteiger partial charge in [0.25, 0.3) is 0 Å². The van der Waals surface area contributed by atoms with Crippen molar-refractivity contribution in [1.82, 2.24) is 0 Å². The smallest absolute Gasteiger partial charge is 0.306 e. The molecule has 0 rings (SSSR count). The highest BCUT2D eigenvalue weighted by molar-refractivity contribution is 5.70. The molecule has 0 bridgehead atoms. The second-order valence-corrected chi connectivity index (χ2v) is 16.3. The second-order valence-electron chi connectivity index (χ2n) is 16.3. The molecule has 1 unspecified atom stereocenters. The third kappa shape index (κ3) is 46.3. The molecule has 0 spiro atoms. The lowest BCUT2D eigenvalue weighted by molar-refractivity contribution is -0.163. The number of hydrogen-bond acceptors (Lipinski definition) is 5. The maximum atomic E-state index is 12.7. The van der Waals surface area contributed by atoms with Crippen molar-refractivity contribution >= 4 is 11.9 Å². The fraction of sp³-hybridized carbons (Fsp3) is 0.774. The largest absolute Gasteiger partial charge is 0.462 e. The molecule has 0 N–H and O–H groups in total. The van der Waals surface area contributed by atoms with Crippen LogP contribution in [0.2, 0.25) is 0 Å². The van der Waals surface area contributed by atoms with Crippen LogP contribution in [0.1, 0.15) is 239 Å². The first kappa shape index (κ1) is 55.6. The molecule has 0 radical (unpaired) electrons. The van der Waals surface area contributed by atoms with Gasteiger partial charge in [0.05, 0.1) is 6.61 Å². The summed E-state index contributed by atoms with van der Waals surface area (Å²) in [7, 11) is 0. The average molecular weight is 811 g/mol. The molecular weight excluding hydrogens is 717 g/mol. The highest BCUT2D eigenvalue weighted by Crippen LogP contribution is 2.14. The number of ether oxygens (including phenoxy) is 3. The Morgan fingerprint density at radius 3 is 1.28 bits per heavy atom. The van der Waals surface area contributed by atoms with Crippen LogP contribution in [0.25, 0.3) is 0 Å². The predicted molar refractivity (Wildman–Crippen MR) is 251 cm³/mol. The van der Waals surface area contributed by atoms with E-state index in [0.29, 0.717) is 19.4 Å². The molecule has 0 saturated heterocycles. The molecule has 0 fully saturated rings. The Bertz CT molecular complexity index is 1010. The van der Waals surface area contributed by atoms with E-state index in [9.17, 15) is 9.59 Å². The molecule has 0 aromatic carbocycles. The van der Waals surface area contributed by atoms with Gasteiger partial charge in [0.1, 0.15) is 6.61 Å². The lowest BCUT2D eigenvalue weighted by Crippen LogP contribution is -2.30. The van der Waals surface area contributed by atoms with E-state index < -0.39 is 6.10 Å². The normalized spacial score (nSPS) is 12.7. The second kappa shape index (κ2) is 49.0. The molecular formula is C53H94O5. The summed E-state index contributed by atoms with van der Waals surface area (Å²) in [5.41, 5.74) is 0. The van der Waals surface area contributed by atoms with Crippen molar-refractivity contribution in [3.05, 3.63) is 60.8 Å². The summed E-state index contributed by atoms with van der Waals surface area (Å²) in [5, 5.41) is 0. The Kier molecular flexibility index (Phi) is 46.9. The van der Waals surface area contributed by atoms with E-state index in [0.717, 1.165) is 77.0 Å². The summed E-state index contributed by atoms with van der Waals surface area (Å²) in [6.45, 7) is 7.65. The first-order valence-electron chi connectivity index (χ1n) is 24.8. The molecule has 5 nitrogen and oxygen atoms in total. The molecule has 0 amide bonds. The van der Waals surface area contributed by atoms with Gasteiger partial charge < -0.3 is 14.2 Å². The minimum atomic E-state index is -0.540. The number of carbonyl (C=O) groups excluding carboxylic acids is 2. The van der Waals surface area contributed by atoms with Crippen LogP contribution in [0.15, 0.2) is 60.8 Å². The molecule has 0 aliphatic carbocycles. The molecule has 0 aliphatic rings. The third-order valence-corrected chi connectivity index (χ3v) is 10.5. The van der Waals surface area contributed by atoms with Gasteiger partial charge in [-0.05, 0) is 83.5 Å². The SMILES string of the molecule is CC/C=C\C/C=C\C/C=C\CCCCCCCCCC(=O)OCC(COCCCCCCCCCC/C=C\C/C=C\CCCCC)OC(=O)CCCCCCCCC. The van der Waals surface area contributed by atoms with Gasteiger partial charge >= 0.3 is 11.9 Å². The molecule has 336 valence electrons. The topological polar surface area (TPSA) is 61.8 Å². The lowest BCUT2D eigenvalue weighted by Gasteiger charge is -2.18. The van der Waals surface area contributed by atoms with Crippen LogP contribution >= 0.6 is 0 Å². The van der Waals surface area contributed by atoms with Gasteiger partial charge in [0, 0.05) is 19.4 Å². The van der Waals surface area contributed by atoms with Crippen LogP contribution in [-0.4, -0.2) is 37.9 Å². The Morgan fingerprint density at radius 1 is 0.397 bits per heavy atom. The molecule has 58 heavy (non-hydrogen) atoms. The van der Waals surface area contributed by atoms with Crippen LogP contribution in [-0.2, 0) is 23.8 Å². The number of allylic oxidation sites excluding steroid dienone is 10. The van der Waals surface area contributed by atoms with Gasteiger partial charge in [-0.15, -0.1) is 0 Å². The number of hydrogen-bond donors (Lipinski definition) is 0. The van der Waals surface area contributed by atoms with Gasteiger partial charge in [0.2, 0.25) is 0 Å². The Morgan fingerprint density at radius 2 is 0.776 bits per heavy atom. The quantitative estimate of drug-likeness (QED) is 0.0348. The zero-order chi connectivity index (χ0) is 42.1. The Labute approximate surface area is 360 Å². The molecule has 0 aliphatic heterocycles. The van der Waals surface area contributed by atoms with Gasteiger partial charge in [-0.3, -0.25) is 9.59 Å². The van der Waals surface area contributed by atoms with Crippen LogP contribution in [0.5, 0.6) is 0 Å². The van der Waals surface area contributed by atoms with Gasteiger partial charge in [-0.2, -0.15) is 0 Å². The molecule has 0 heterocycles. The maximum absolute atomic E-state index is 12.7. The monoisotopic (exact) mass is 811 g/mol. The van der Waals surface area contributed by atoms with E-state index in [1.807, 2.05) is 0 Å². The molecule has 0 saturated carbocycles. The van der Waals surface area contributed by atoms with E-state index in [-0.39, 0.29) is 25.2 Å². The molecule has 0 aromatic heterocycles. The highest BCUT2D eigenvalue weighted by atomic mass is 16.6. The third-order valence-electron chi connectivity index (χ3n) is 10.5. The summed E-state index contributed by atoms with van der Waals surface area (Å²) in [5.74, 6) is -0.414. The number of unbranched alkanes of at least 4 members (excludes halogenated alkanes) is 24. The van der Waals surface area contributed by atoms with E-state index in [1.165, 1.54) is 128 Å². The van der Waals surface area contributed by atoms with Crippen molar-refractivity contribution in [2.75, 3.05) is 19.8 Å². The summed E-state index contributed by atoms with van der Waals surface area (Å²) in [4.78, 5) is 25.2. The fourth-order valence-electron chi connectivity index (χ4n) is 6.85. The zero-order valence-electron chi connectivity index (χ0n) is 38.6. The predicted octanol–water partition coefficient (Wildman–Crippen LogP) is 16.6. The molecule has 0 aromatic rings. The summed E-state index contributed by atoms with van der Waals surface area (Å²) in [6, 6.07) is 0. The van der Waals surface area contributed by atoms with Crippen LogP contribution in [0.3, 0.4) is 0 Å². The maximum Gasteiger partial charge on any atom is 0.306 e. The van der Waals surface area contributed by atoms with Crippen molar-refractivity contribution in [3.63, 3.8) is 0 Å². The van der Waals surface area contributed by atoms with Crippen LogP contribution < -0.4 is 0 Å².